The molecular weight excluding hydrogens is 175 g/mol. The number of rotatable bonds is 0. The Morgan fingerprint density at radius 1 is 1.23 bits per heavy atom. The van der Waals surface area contributed by atoms with Crippen LogP contribution >= 0.6 is 0 Å². The molecule has 70 valence electrons. The molecule has 1 aliphatic rings. The number of hydrogen-bond donors (Lipinski definition) is 1. The van der Waals surface area contributed by atoms with Crippen molar-refractivity contribution in [1.29, 1.82) is 0 Å². The largest absolute Gasteiger partial charge is 0.508 e. The van der Waals surface area contributed by atoms with E-state index in [1.807, 2.05) is 0 Å². The molecule has 0 unspecified atom stereocenters. The molecule has 0 spiro atoms. The third-order valence-corrected chi connectivity index (χ3v) is 1.77. The van der Waals surface area contributed by atoms with Crippen molar-refractivity contribution in [1.82, 2.24) is 0 Å². The van der Waals surface area contributed by atoms with Crippen LogP contribution in [0.4, 0.5) is 4.39 Å². The Morgan fingerprint density at radius 2 is 1.92 bits per heavy atom. The molecule has 2 rings (SSSR count). The zero-order valence-electron chi connectivity index (χ0n) is 6.87. The standard InChI is InChI=1S/C9H9FO3/c10-6-4-12-8-2-1-7(11)3-9(8)13-5-6/h1-3,6,11H,4-5H2/t6-/m1/s1. The Hall–Kier alpha value is -1.45. The van der Waals surface area contributed by atoms with Crippen LogP contribution in [-0.2, 0) is 0 Å². The summed E-state index contributed by atoms with van der Waals surface area (Å²) in [5.74, 6) is 0.942. The summed E-state index contributed by atoms with van der Waals surface area (Å²) in [6.07, 6.45) is -1.12. The first-order valence-electron chi connectivity index (χ1n) is 3.98. The molecule has 1 aliphatic heterocycles. The average Bonchev–Trinajstić information content (AvgIpc) is 2.29. The third-order valence-electron chi connectivity index (χ3n) is 1.77. The second-order valence-corrected chi connectivity index (χ2v) is 2.85. The molecule has 1 N–H and O–H groups in total. The van der Waals surface area contributed by atoms with E-state index in [9.17, 15) is 4.39 Å². The maximum atomic E-state index is 12.8. The van der Waals surface area contributed by atoms with Gasteiger partial charge in [-0.05, 0) is 12.1 Å². The van der Waals surface area contributed by atoms with Gasteiger partial charge in [0.05, 0.1) is 0 Å². The summed E-state index contributed by atoms with van der Waals surface area (Å²) in [7, 11) is 0. The fourth-order valence-corrected chi connectivity index (χ4v) is 1.14. The van der Waals surface area contributed by atoms with E-state index in [0.717, 1.165) is 0 Å². The summed E-state index contributed by atoms with van der Waals surface area (Å²) < 4.78 is 23.0. The smallest absolute Gasteiger partial charge is 0.168 e. The molecule has 0 aromatic heterocycles. The van der Waals surface area contributed by atoms with Gasteiger partial charge in [0.15, 0.2) is 17.7 Å². The molecule has 1 aromatic carbocycles. The molecule has 0 fully saturated rings. The van der Waals surface area contributed by atoms with Gasteiger partial charge >= 0.3 is 0 Å². The van der Waals surface area contributed by atoms with E-state index < -0.39 is 6.17 Å². The van der Waals surface area contributed by atoms with Crippen LogP contribution in [0.25, 0.3) is 0 Å². The minimum absolute atomic E-state index is 0.00221. The van der Waals surface area contributed by atoms with Crippen molar-refractivity contribution in [2.75, 3.05) is 13.2 Å². The van der Waals surface area contributed by atoms with Crippen LogP contribution in [0.15, 0.2) is 18.2 Å². The Balaban J connectivity index is 2.30. The molecular formula is C9H9FO3. The number of fused-ring (bicyclic) bond motifs is 1. The number of alkyl halides is 1. The molecule has 4 heteroatoms. The number of aromatic hydroxyl groups is 1. The van der Waals surface area contributed by atoms with Gasteiger partial charge in [-0.2, -0.15) is 0 Å². The van der Waals surface area contributed by atoms with Gasteiger partial charge in [0.1, 0.15) is 19.0 Å². The van der Waals surface area contributed by atoms with Gasteiger partial charge in [-0.3, -0.25) is 0 Å². The quantitative estimate of drug-likeness (QED) is 0.664. The number of hydrogen-bond acceptors (Lipinski definition) is 3. The molecule has 0 bridgehead atoms. The number of benzene rings is 1. The summed E-state index contributed by atoms with van der Waals surface area (Å²) in [5, 5.41) is 9.12. The van der Waals surface area contributed by atoms with Crippen LogP contribution in [0, 0.1) is 0 Å². The highest BCUT2D eigenvalue weighted by atomic mass is 19.1. The SMILES string of the molecule is Oc1ccc2c(c1)OC[C@H](F)CO2. The zero-order chi connectivity index (χ0) is 9.26. The first kappa shape index (κ1) is 8.16. The van der Waals surface area contributed by atoms with Gasteiger partial charge in [0.25, 0.3) is 0 Å². The predicted molar refractivity (Wildman–Crippen MR) is 44.0 cm³/mol. The fourth-order valence-electron chi connectivity index (χ4n) is 1.14. The average molecular weight is 184 g/mol. The minimum Gasteiger partial charge on any atom is -0.508 e. The molecule has 0 amide bonds. The Labute approximate surface area is 74.7 Å². The highest BCUT2D eigenvalue weighted by Crippen LogP contribution is 2.32. The molecule has 3 nitrogen and oxygen atoms in total. The highest BCUT2D eigenvalue weighted by molar-refractivity contribution is 5.45. The Morgan fingerprint density at radius 3 is 2.69 bits per heavy atom. The molecule has 1 heterocycles. The maximum absolute atomic E-state index is 12.8. The van der Waals surface area contributed by atoms with Gasteiger partial charge in [-0.1, -0.05) is 0 Å². The monoisotopic (exact) mass is 184 g/mol. The summed E-state index contributed by atoms with van der Waals surface area (Å²) in [6, 6.07) is 4.44. The molecule has 0 aliphatic carbocycles. The Kier molecular flexibility index (Phi) is 1.96. The first-order valence-corrected chi connectivity index (χ1v) is 3.98. The van der Waals surface area contributed by atoms with Gasteiger partial charge in [0, 0.05) is 6.07 Å². The van der Waals surface area contributed by atoms with Crippen LogP contribution in [0.5, 0.6) is 17.2 Å². The fraction of sp³-hybridized carbons (Fsp3) is 0.333. The Bertz CT molecular complexity index is 314. The lowest BCUT2D eigenvalue weighted by atomic mass is 10.3. The lowest BCUT2D eigenvalue weighted by molar-refractivity contribution is 0.162. The molecule has 1 aromatic rings. The number of halogens is 1. The summed E-state index contributed by atoms with van der Waals surface area (Å²) in [4.78, 5) is 0. The van der Waals surface area contributed by atoms with E-state index in [1.165, 1.54) is 12.1 Å². The summed E-state index contributed by atoms with van der Waals surface area (Å²) in [5.41, 5.74) is 0. The van der Waals surface area contributed by atoms with Crippen molar-refractivity contribution in [3.8, 4) is 17.2 Å². The van der Waals surface area contributed by atoms with Crippen molar-refractivity contribution in [3.63, 3.8) is 0 Å². The predicted octanol–water partition coefficient (Wildman–Crippen LogP) is 1.50. The minimum atomic E-state index is -1.12. The zero-order valence-corrected chi connectivity index (χ0v) is 6.87. The molecule has 1 atom stereocenters. The molecule has 0 saturated carbocycles. The van der Waals surface area contributed by atoms with Gasteiger partial charge in [0.2, 0.25) is 0 Å². The topological polar surface area (TPSA) is 38.7 Å². The second-order valence-electron chi connectivity index (χ2n) is 2.85. The van der Waals surface area contributed by atoms with E-state index in [1.54, 1.807) is 6.07 Å². The van der Waals surface area contributed by atoms with Gasteiger partial charge in [-0.25, -0.2) is 4.39 Å². The summed E-state index contributed by atoms with van der Waals surface area (Å²) >= 11 is 0. The van der Waals surface area contributed by atoms with Crippen molar-refractivity contribution in [2.45, 2.75) is 6.17 Å². The van der Waals surface area contributed by atoms with Crippen LogP contribution in [0.1, 0.15) is 0 Å². The van der Waals surface area contributed by atoms with Crippen LogP contribution in [0.3, 0.4) is 0 Å². The van der Waals surface area contributed by atoms with E-state index in [0.29, 0.717) is 11.5 Å². The first-order chi connectivity index (χ1) is 6.25. The van der Waals surface area contributed by atoms with Crippen molar-refractivity contribution < 1.29 is 19.0 Å². The van der Waals surface area contributed by atoms with Crippen LogP contribution < -0.4 is 9.47 Å². The number of phenolic OH excluding ortho intramolecular Hbond substituents is 1. The molecule has 13 heavy (non-hydrogen) atoms. The molecule has 0 saturated heterocycles. The van der Waals surface area contributed by atoms with Crippen LogP contribution in [-0.4, -0.2) is 24.5 Å². The van der Waals surface area contributed by atoms with E-state index in [2.05, 4.69) is 0 Å². The lowest BCUT2D eigenvalue weighted by Gasteiger charge is -2.05. The van der Waals surface area contributed by atoms with Gasteiger partial charge < -0.3 is 14.6 Å². The normalized spacial score (nSPS) is 20.8. The lowest BCUT2D eigenvalue weighted by Crippen LogP contribution is -2.17. The summed E-state index contributed by atoms with van der Waals surface area (Å²) in [6.45, 7) is -0.0335. The third kappa shape index (κ3) is 1.66. The van der Waals surface area contributed by atoms with Gasteiger partial charge in [-0.15, -0.1) is 0 Å². The molecule has 0 radical (unpaired) electrons. The van der Waals surface area contributed by atoms with E-state index in [4.69, 9.17) is 14.6 Å². The second kappa shape index (κ2) is 3.12. The number of ether oxygens (including phenoxy) is 2. The van der Waals surface area contributed by atoms with E-state index in [-0.39, 0.29) is 19.0 Å². The highest BCUT2D eigenvalue weighted by Gasteiger charge is 2.17. The van der Waals surface area contributed by atoms with E-state index >= 15 is 0 Å². The van der Waals surface area contributed by atoms with Crippen LogP contribution in [0.2, 0.25) is 0 Å². The maximum Gasteiger partial charge on any atom is 0.168 e. The van der Waals surface area contributed by atoms with Crippen molar-refractivity contribution >= 4 is 0 Å². The van der Waals surface area contributed by atoms with Crippen molar-refractivity contribution in [3.05, 3.63) is 18.2 Å². The van der Waals surface area contributed by atoms with Crippen molar-refractivity contribution in [2.24, 2.45) is 0 Å². The number of phenols is 1.